The van der Waals surface area contributed by atoms with Crippen molar-refractivity contribution in [2.75, 3.05) is 12.4 Å². The lowest BCUT2D eigenvalue weighted by atomic mass is 10.1. The molecule has 2 atom stereocenters. The summed E-state index contributed by atoms with van der Waals surface area (Å²) >= 11 is 6.02. The Kier molecular flexibility index (Phi) is 4.46. The summed E-state index contributed by atoms with van der Waals surface area (Å²) in [4.78, 5) is 12.4. The zero-order valence-corrected chi connectivity index (χ0v) is 13.2. The van der Waals surface area contributed by atoms with Gasteiger partial charge in [-0.25, -0.2) is 0 Å². The van der Waals surface area contributed by atoms with E-state index in [1.165, 1.54) is 0 Å². The van der Waals surface area contributed by atoms with Crippen LogP contribution in [0.25, 0.3) is 0 Å². The van der Waals surface area contributed by atoms with Crippen molar-refractivity contribution >= 4 is 23.2 Å². The van der Waals surface area contributed by atoms with E-state index in [1.807, 2.05) is 55.6 Å². The van der Waals surface area contributed by atoms with Crippen LogP contribution >= 0.6 is 11.6 Å². The van der Waals surface area contributed by atoms with Gasteiger partial charge in [0.15, 0.2) is 0 Å². The first-order valence-corrected chi connectivity index (χ1v) is 7.85. The molecule has 0 unspecified atom stereocenters. The summed E-state index contributed by atoms with van der Waals surface area (Å²) in [5, 5.41) is 6.90. The molecule has 1 saturated carbocycles. The van der Waals surface area contributed by atoms with E-state index in [2.05, 4.69) is 10.6 Å². The molecule has 0 aromatic heterocycles. The van der Waals surface area contributed by atoms with Gasteiger partial charge in [0.2, 0.25) is 5.91 Å². The summed E-state index contributed by atoms with van der Waals surface area (Å²) in [6.07, 6.45) is 0.889. The quantitative estimate of drug-likeness (QED) is 0.881. The number of carbonyl (C=O) groups excluding carboxylic acids is 1. The predicted molar refractivity (Wildman–Crippen MR) is 90.1 cm³/mol. The zero-order chi connectivity index (χ0) is 15.5. The third kappa shape index (κ3) is 3.32. The number of carbonyl (C=O) groups is 1. The molecule has 3 rings (SSSR count). The summed E-state index contributed by atoms with van der Waals surface area (Å²) < 4.78 is 0. The van der Waals surface area contributed by atoms with Crippen LogP contribution in [0.2, 0.25) is 5.02 Å². The molecule has 0 spiro atoms. The fourth-order valence-corrected chi connectivity index (χ4v) is 3.00. The fraction of sp³-hybridized carbons (Fsp3) is 0.278. The van der Waals surface area contributed by atoms with Crippen LogP contribution in [-0.4, -0.2) is 13.0 Å². The summed E-state index contributed by atoms with van der Waals surface area (Å²) in [6.45, 7) is 0.735. The number of hydrogen-bond acceptors (Lipinski definition) is 2. The molecule has 1 aliphatic rings. The van der Waals surface area contributed by atoms with Gasteiger partial charge < -0.3 is 10.6 Å². The van der Waals surface area contributed by atoms with E-state index in [-0.39, 0.29) is 17.7 Å². The maximum atomic E-state index is 12.4. The molecule has 3 nitrogen and oxygen atoms in total. The molecule has 1 aliphatic carbocycles. The third-order valence-corrected chi connectivity index (χ3v) is 4.28. The van der Waals surface area contributed by atoms with Crippen molar-refractivity contribution in [1.29, 1.82) is 0 Å². The van der Waals surface area contributed by atoms with Crippen LogP contribution < -0.4 is 10.6 Å². The second kappa shape index (κ2) is 6.51. The Hall–Kier alpha value is -1.84. The maximum absolute atomic E-state index is 12.4. The maximum Gasteiger partial charge on any atom is 0.228 e. The molecule has 0 bridgehead atoms. The van der Waals surface area contributed by atoms with Gasteiger partial charge in [-0.05, 0) is 48.7 Å². The number of anilines is 1. The van der Waals surface area contributed by atoms with E-state index < -0.39 is 0 Å². The molecule has 22 heavy (non-hydrogen) atoms. The molecule has 0 radical (unpaired) electrons. The van der Waals surface area contributed by atoms with E-state index in [1.54, 1.807) is 0 Å². The average molecular weight is 315 g/mol. The monoisotopic (exact) mass is 314 g/mol. The largest absolute Gasteiger partial charge is 0.326 e. The van der Waals surface area contributed by atoms with Crippen molar-refractivity contribution in [3.63, 3.8) is 0 Å². The molecule has 1 amide bonds. The van der Waals surface area contributed by atoms with Crippen molar-refractivity contribution in [2.24, 2.45) is 5.92 Å². The Bertz CT molecular complexity index is 686. The van der Waals surface area contributed by atoms with Gasteiger partial charge in [0.05, 0.1) is 0 Å². The number of para-hydroxylation sites is 1. The molecular weight excluding hydrogens is 296 g/mol. The SMILES string of the molecule is CNCc1ccccc1NC(=O)[C@H]1C[C@H]1c1cccc(Cl)c1. The normalized spacial score (nSPS) is 19.7. The van der Waals surface area contributed by atoms with Crippen molar-refractivity contribution in [3.05, 3.63) is 64.7 Å². The molecule has 0 aliphatic heterocycles. The minimum absolute atomic E-state index is 0.0427. The molecule has 0 heterocycles. The number of nitrogens with one attached hydrogen (secondary N) is 2. The first-order chi connectivity index (χ1) is 10.7. The number of hydrogen-bond donors (Lipinski definition) is 2. The lowest BCUT2D eigenvalue weighted by molar-refractivity contribution is -0.117. The lowest BCUT2D eigenvalue weighted by Crippen LogP contribution is -2.17. The average Bonchev–Trinajstić information content (AvgIpc) is 3.30. The second-order valence-electron chi connectivity index (χ2n) is 5.68. The number of halogens is 1. The summed E-state index contributed by atoms with van der Waals surface area (Å²) in [5.41, 5.74) is 3.13. The van der Waals surface area contributed by atoms with Gasteiger partial charge in [-0.2, -0.15) is 0 Å². The van der Waals surface area contributed by atoms with Crippen LogP contribution in [0.4, 0.5) is 5.69 Å². The predicted octanol–water partition coefficient (Wildman–Crippen LogP) is 3.80. The zero-order valence-electron chi connectivity index (χ0n) is 12.5. The van der Waals surface area contributed by atoms with Crippen molar-refractivity contribution in [2.45, 2.75) is 18.9 Å². The number of rotatable bonds is 5. The Morgan fingerprint density at radius 2 is 2.05 bits per heavy atom. The van der Waals surface area contributed by atoms with Crippen molar-refractivity contribution in [3.8, 4) is 0 Å². The summed E-state index contributed by atoms with van der Waals surface area (Å²) in [7, 11) is 1.90. The first kappa shape index (κ1) is 15.1. The van der Waals surface area contributed by atoms with E-state index in [0.29, 0.717) is 0 Å². The number of benzene rings is 2. The van der Waals surface area contributed by atoms with E-state index in [4.69, 9.17) is 11.6 Å². The Morgan fingerprint density at radius 1 is 1.23 bits per heavy atom. The molecule has 4 heteroatoms. The van der Waals surface area contributed by atoms with Crippen LogP contribution in [-0.2, 0) is 11.3 Å². The fourth-order valence-electron chi connectivity index (χ4n) is 2.80. The topological polar surface area (TPSA) is 41.1 Å². The van der Waals surface area contributed by atoms with Crippen LogP contribution in [0.15, 0.2) is 48.5 Å². The molecular formula is C18H19ClN2O. The van der Waals surface area contributed by atoms with Crippen LogP contribution in [0, 0.1) is 5.92 Å². The Labute approximate surface area is 135 Å². The van der Waals surface area contributed by atoms with E-state index in [0.717, 1.165) is 34.8 Å². The second-order valence-corrected chi connectivity index (χ2v) is 6.12. The Balaban J connectivity index is 1.67. The molecule has 0 saturated heterocycles. The highest BCUT2D eigenvalue weighted by Crippen LogP contribution is 2.48. The van der Waals surface area contributed by atoms with Gasteiger partial charge >= 0.3 is 0 Å². The minimum Gasteiger partial charge on any atom is -0.326 e. The van der Waals surface area contributed by atoms with Gasteiger partial charge in [-0.1, -0.05) is 41.9 Å². The standard InChI is InChI=1S/C18H19ClN2O/c1-20-11-13-5-2-3-8-17(13)21-18(22)16-10-15(16)12-6-4-7-14(19)9-12/h2-9,15-16,20H,10-11H2,1H3,(H,21,22)/t15-,16-/m0/s1. The van der Waals surface area contributed by atoms with Gasteiger partial charge in [0, 0.05) is 23.2 Å². The highest BCUT2D eigenvalue weighted by molar-refractivity contribution is 6.30. The third-order valence-electron chi connectivity index (χ3n) is 4.05. The molecule has 114 valence electrons. The van der Waals surface area contributed by atoms with Gasteiger partial charge in [-0.15, -0.1) is 0 Å². The van der Waals surface area contributed by atoms with Crippen LogP contribution in [0.1, 0.15) is 23.5 Å². The first-order valence-electron chi connectivity index (χ1n) is 7.48. The van der Waals surface area contributed by atoms with Crippen molar-refractivity contribution < 1.29 is 4.79 Å². The lowest BCUT2D eigenvalue weighted by Gasteiger charge is -2.10. The highest BCUT2D eigenvalue weighted by atomic mass is 35.5. The summed E-state index contributed by atoms with van der Waals surface area (Å²) in [5.74, 6) is 0.421. The van der Waals surface area contributed by atoms with Crippen LogP contribution in [0.3, 0.4) is 0 Å². The molecule has 2 aromatic carbocycles. The molecule has 2 aromatic rings. The Morgan fingerprint density at radius 3 is 2.82 bits per heavy atom. The van der Waals surface area contributed by atoms with E-state index >= 15 is 0 Å². The van der Waals surface area contributed by atoms with Gasteiger partial charge in [0.1, 0.15) is 0 Å². The smallest absolute Gasteiger partial charge is 0.228 e. The summed E-state index contributed by atoms with van der Waals surface area (Å²) in [6, 6.07) is 15.7. The minimum atomic E-state index is 0.0427. The van der Waals surface area contributed by atoms with Crippen molar-refractivity contribution in [1.82, 2.24) is 5.32 Å². The molecule has 1 fully saturated rings. The van der Waals surface area contributed by atoms with Crippen LogP contribution in [0.5, 0.6) is 0 Å². The van der Waals surface area contributed by atoms with Gasteiger partial charge in [-0.3, -0.25) is 4.79 Å². The highest BCUT2D eigenvalue weighted by Gasteiger charge is 2.44. The van der Waals surface area contributed by atoms with Gasteiger partial charge in [0.25, 0.3) is 0 Å². The van der Waals surface area contributed by atoms with E-state index in [9.17, 15) is 4.79 Å². The molecule has 2 N–H and O–H groups in total. The number of amides is 1.